The molecule has 0 aromatic heterocycles. The molecule has 3 N–H and O–H groups in total. The number of hydrogen-bond donors (Lipinski definition) is 2. The molecule has 0 spiro atoms. The summed E-state index contributed by atoms with van der Waals surface area (Å²) in [6.45, 7) is 0.155. The zero-order valence-electron chi connectivity index (χ0n) is 10.3. The Kier molecular flexibility index (Phi) is 4.24. The lowest BCUT2D eigenvalue weighted by Crippen LogP contribution is -2.03. The fraction of sp³-hybridized carbons (Fsp3) is 0.0714. The number of anilines is 1. The van der Waals surface area contributed by atoms with Crippen LogP contribution in [0.4, 0.5) is 10.1 Å². The summed E-state index contributed by atoms with van der Waals surface area (Å²) in [4.78, 5) is 10.8. The maximum absolute atomic E-state index is 13.2. The Morgan fingerprint density at radius 3 is 2.65 bits per heavy atom. The van der Waals surface area contributed by atoms with Crippen LogP contribution in [0.5, 0.6) is 5.75 Å². The third-order valence-electron chi connectivity index (χ3n) is 2.58. The highest BCUT2D eigenvalue weighted by Crippen LogP contribution is 2.22. The third-order valence-corrected chi connectivity index (χ3v) is 3.04. The van der Waals surface area contributed by atoms with Gasteiger partial charge < -0.3 is 15.6 Å². The van der Waals surface area contributed by atoms with Crippen LogP contribution >= 0.6 is 15.9 Å². The first-order chi connectivity index (χ1) is 9.45. The Bertz CT molecular complexity index is 641. The SMILES string of the molecule is Nc1cc(OCc2cc(F)cc(Br)c2)ccc1C(=O)O. The lowest BCUT2D eigenvalue weighted by atomic mass is 10.2. The van der Waals surface area contributed by atoms with Gasteiger partial charge >= 0.3 is 5.97 Å². The largest absolute Gasteiger partial charge is 0.489 e. The molecule has 0 saturated carbocycles. The summed E-state index contributed by atoms with van der Waals surface area (Å²) in [5.74, 6) is -1.03. The van der Waals surface area contributed by atoms with Crippen LogP contribution in [-0.2, 0) is 6.61 Å². The van der Waals surface area contributed by atoms with Crippen LogP contribution in [-0.4, -0.2) is 11.1 Å². The number of carboxylic acid groups (broad SMARTS) is 1. The minimum Gasteiger partial charge on any atom is -0.489 e. The summed E-state index contributed by atoms with van der Waals surface area (Å²) in [5, 5.41) is 8.86. The van der Waals surface area contributed by atoms with Crippen LogP contribution in [0.3, 0.4) is 0 Å². The number of nitrogens with two attached hydrogens (primary N) is 1. The maximum Gasteiger partial charge on any atom is 0.337 e. The molecule has 6 heteroatoms. The van der Waals surface area contributed by atoms with Crippen molar-refractivity contribution >= 4 is 27.6 Å². The Balaban J connectivity index is 2.11. The average molecular weight is 340 g/mol. The van der Waals surface area contributed by atoms with Crippen LogP contribution in [0.25, 0.3) is 0 Å². The average Bonchev–Trinajstić information content (AvgIpc) is 2.35. The van der Waals surface area contributed by atoms with Crippen LogP contribution in [0.2, 0.25) is 0 Å². The van der Waals surface area contributed by atoms with Gasteiger partial charge in [-0.1, -0.05) is 15.9 Å². The van der Waals surface area contributed by atoms with Crippen LogP contribution in [0.1, 0.15) is 15.9 Å². The molecule has 0 unspecified atom stereocenters. The minimum atomic E-state index is -1.09. The molecule has 0 heterocycles. The van der Waals surface area contributed by atoms with E-state index in [0.29, 0.717) is 15.8 Å². The number of carbonyl (C=O) groups is 1. The van der Waals surface area contributed by atoms with E-state index < -0.39 is 5.97 Å². The van der Waals surface area contributed by atoms with Gasteiger partial charge in [0.25, 0.3) is 0 Å². The molecule has 0 aliphatic heterocycles. The number of ether oxygens (including phenoxy) is 1. The van der Waals surface area contributed by atoms with E-state index in [9.17, 15) is 9.18 Å². The molecule has 2 aromatic carbocycles. The van der Waals surface area contributed by atoms with Gasteiger partial charge in [-0.3, -0.25) is 0 Å². The highest BCUT2D eigenvalue weighted by atomic mass is 79.9. The summed E-state index contributed by atoms with van der Waals surface area (Å²) in [6.07, 6.45) is 0. The number of carboxylic acids is 1. The number of rotatable bonds is 4. The summed E-state index contributed by atoms with van der Waals surface area (Å²) in [7, 11) is 0. The second-order valence-electron chi connectivity index (χ2n) is 4.12. The molecule has 20 heavy (non-hydrogen) atoms. The second-order valence-corrected chi connectivity index (χ2v) is 5.04. The van der Waals surface area contributed by atoms with Crippen LogP contribution < -0.4 is 10.5 Å². The standard InChI is InChI=1S/C14H11BrFNO3/c15-9-3-8(4-10(16)5-9)7-20-11-1-2-12(14(18)19)13(17)6-11/h1-6H,7,17H2,(H,18,19). The van der Waals surface area contributed by atoms with Gasteiger partial charge in [-0.2, -0.15) is 0 Å². The molecule has 0 amide bonds. The summed E-state index contributed by atoms with van der Waals surface area (Å²) in [5.41, 5.74) is 6.40. The summed E-state index contributed by atoms with van der Waals surface area (Å²) >= 11 is 3.20. The molecule has 2 rings (SSSR count). The van der Waals surface area contributed by atoms with Crippen LogP contribution in [0.15, 0.2) is 40.9 Å². The van der Waals surface area contributed by atoms with Gasteiger partial charge in [-0.25, -0.2) is 9.18 Å². The second kappa shape index (κ2) is 5.92. The van der Waals surface area contributed by atoms with Gasteiger partial charge in [0.05, 0.1) is 5.56 Å². The number of halogens is 2. The normalized spacial score (nSPS) is 10.3. The summed E-state index contributed by atoms with van der Waals surface area (Å²) in [6, 6.07) is 8.75. The van der Waals surface area contributed by atoms with Crippen molar-refractivity contribution in [1.82, 2.24) is 0 Å². The monoisotopic (exact) mass is 339 g/mol. The molecule has 0 atom stereocenters. The molecule has 0 aliphatic rings. The Morgan fingerprint density at radius 2 is 2.05 bits per heavy atom. The van der Waals surface area contributed by atoms with E-state index in [4.69, 9.17) is 15.6 Å². The van der Waals surface area contributed by atoms with Crippen molar-refractivity contribution < 1.29 is 19.0 Å². The van der Waals surface area contributed by atoms with Gasteiger partial charge in [0.15, 0.2) is 0 Å². The van der Waals surface area contributed by atoms with Gasteiger partial charge in [-0.15, -0.1) is 0 Å². The van der Waals surface area contributed by atoms with Crippen molar-refractivity contribution in [2.45, 2.75) is 6.61 Å². The van der Waals surface area contributed by atoms with Gasteiger partial charge in [0, 0.05) is 16.2 Å². The van der Waals surface area contributed by atoms with E-state index in [1.807, 2.05) is 0 Å². The van der Waals surface area contributed by atoms with E-state index in [-0.39, 0.29) is 23.7 Å². The zero-order chi connectivity index (χ0) is 14.7. The molecule has 104 valence electrons. The van der Waals surface area contributed by atoms with E-state index in [2.05, 4.69) is 15.9 Å². The van der Waals surface area contributed by atoms with E-state index >= 15 is 0 Å². The van der Waals surface area contributed by atoms with E-state index in [1.54, 1.807) is 6.07 Å². The Hall–Kier alpha value is -2.08. The molecule has 0 bridgehead atoms. The minimum absolute atomic E-state index is 0.0193. The highest BCUT2D eigenvalue weighted by molar-refractivity contribution is 9.10. The molecule has 4 nitrogen and oxygen atoms in total. The number of benzene rings is 2. The molecule has 0 aliphatic carbocycles. The molecule has 0 fully saturated rings. The van der Waals surface area contributed by atoms with Crippen molar-refractivity contribution in [3.05, 3.63) is 57.8 Å². The third kappa shape index (κ3) is 3.48. The first kappa shape index (κ1) is 14.3. The fourth-order valence-corrected chi connectivity index (χ4v) is 2.20. The Morgan fingerprint density at radius 1 is 1.30 bits per heavy atom. The molecular weight excluding hydrogens is 329 g/mol. The topological polar surface area (TPSA) is 72.5 Å². The van der Waals surface area contributed by atoms with Gasteiger partial charge in [0.2, 0.25) is 0 Å². The van der Waals surface area contributed by atoms with Gasteiger partial charge in [-0.05, 0) is 35.9 Å². The van der Waals surface area contributed by atoms with Crippen LogP contribution in [0, 0.1) is 5.82 Å². The van der Waals surface area contributed by atoms with Crippen molar-refractivity contribution in [3.8, 4) is 5.75 Å². The maximum atomic E-state index is 13.2. The smallest absolute Gasteiger partial charge is 0.337 e. The predicted molar refractivity (Wildman–Crippen MR) is 76.2 cm³/mol. The first-order valence-electron chi connectivity index (χ1n) is 5.66. The predicted octanol–water partition coefficient (Wildman–Crippen LogP) is 3.45. The van der Waals surface area contributed by atoms with Crippen molar-refractivity contribution in [3.63, 3.8) is 0 Å². The number of hydrogen-bond acceptors (Lipinski definition) is 3. The molecular formula is C14H11BrFNO3. The lowest BCUT2D eigenvalue weighted by molar-refractivity contribution is 0.0698. The van der Waals surface area contributed by atoms with Crippen molar-refractivity contribution in [2.24, 2.45) is 0 Å². The molecule has 0 radical (unpaired) electrons. The fourth-order valence-electron chi connectivity index (χ4n) is 1.69. The summed E-state index contributed by atoms with van der Waals surface area (Å²) < 4.78 is 19.3. The van der Waals surface area contributed by atoms with Crippen molar-refractivity contribution in [2.75, 3.05) is 5.73 Å². The lowest BCUT2D eigenvalue weighted by Gasteiger charge is -2.09. The molecule has 0 saturated heterocycles. The molecule has 2 aromatic rings. The van der Waals surface area contributed by atoms with Gasteiger partial charge in [0.1, 0.15) is 18.2 Å². The number of nitrogen functional groups attached to an aromatic ring is 1. The van der Waals surface area contributed by atoms with E-state index in [0.717, 1.165) is 0 Å². The van der Waals surface area contributed by atoms with Crippen molar-refractivity contribution in [1.29, 1.82) is 0 Å². The van der Waals surface area contributed by atoms with E-state index in [1.165, 1.54) is 30.3 Å². The number of aromatic carboxylic acids is 1. The first-order valence-corrected chi connectivity index (χ1v) is 6.45. The Labute approximate surface area is 123 Å². The zero-order valence-corrected chi connectivity index (χ0v) is 11.9. The quantitative estimate of drug-likeness (QED) is 0.837. The highest BCUT2D eigenvalue weighted by Gasteiger charge is 2.08.